The van der Waals surface area contributed by atoms with Gasteiger partial charge in [-0.1, -0.05) is 126 Å². The van der Waals surface area contributed by atoms with Crippen LogP contribution in [0.2, 0.25) is 0 Å². The highest BCUT2D eigenvalue weighted by Crippen LogP contribution is 2.28. The van der Waals surface area contributed by atoms with Gasteiger partial charge in [0.1, 0.15) is 31.0 Å². The van der Waals surface area contributed by atoms with E-state index in [9.17, 15) is 9.90 Å². The number of carbonyl (C=O) groups excluding carboxylic acids is 1. The molecule has 1 heterocycles. The van der Waals surface area contributed by atoms with Gasteiger partial charge in [0.05, 0.1) is 26.4 Å². The number of nitrogens with one attached hydrogen (secondary N) is 1. The van der Waals surface area contributed by atoms with Crippen LogP contribution in [0.25, 0.3) is 0 Å². The molecule has 2 N–H and O–H groups in total. The number of rotatable bonds is 12. The van der Waals surface area contributed by atoms with Crippen molar-refractivity contribution in [3.8, 4) is 0 Å². The van der Waals surface area contributed by atoms with E-state index in [4.69, 9.17) is 58.5 Å². The Morgan fingerprint density at radius 2 is 1.32 bits per heavy atom. The van der Waals surface area contributed by atoms with Crippen molar-refractivity contribution in [2.45, 2.75) is 54.3 Å². The number of alkyl carbamates (subject to hydrolysis) is 1. The first-order valence-electron chi connectivity index (χ1n) is 13.0. The normalized spacial score (nSPS) is 22.7. The summed E-state index contributed by atoms with van der Waals surface area (Å²) in [7, 11) is 0. The van der Waals surface area contributed by atoms with Crippen LogP contribution in [0, 0.1) is 0 Å². The largest absolute Gasteiger partial charge is 0.445 e. The van der Waals surface area contributed by atoms with Gasteiger partial charge in [-0.2, -0.15) is 0 Å². The van der Waals surface area contributed by atoms with Gasteiger partial charge < -0.3 is 34.1 Å². The lowest BCUT2D eigenvalue weighted by molar-refractivity contribution is -0.283. The second-order valence-corrected chi connectivity index (χ2v) is 12.0. The Morgan fingerprint density at radius 3 is 1.85 bits per heavy atom. The van der Waals surface area contributed by atoms with Gasteiger partial charge in [-0.3, -0.25) is 0 Å². The average Bonchev–Trinajstić information content (AvgIpc) is 2.97. The number of aliphatic hydroxyl groups is 1. The molecule has 41 heavy (non-hydrogen) atoms. The molecule has 0 aromatic heterocycles. The zero-order valence-corrected chi connectivity index (χ0v) is 24.4. The van der Waals surface area contributed by atoms with Crippen molar-refractivity contribution in [3.63, 3.8) is 0 Å². The number of ether oxygens (including phenoxy) is 5. The van der Waals surface area contributed by atoms with Gasteiger partial charge in [0.2, 0.25) is 3.79 Å². The molecule has 3 aromatic carbocycles. The second-order valence-electron chi connectivity index (χ2n) is 9.45. The lowest BCUT2D eigenvalue weighted by Crippen LogP contribution is -2.65. The third-order valence-corrected chi connectivity index (χ3v) is 6.59. The van der Waals surface area contributed by atoms with Crippen LogP contribution in [0.3, 0.4) is 0 Å². The first-order chi connectivity index (χ1) is 19.8. The summed E-state index contributed by atoms with van der Waals surface area (Å²) in [5.41, 5.74) is 2.74. The molecule has 8 nitrogen and oxygen atoms in total. The summed E-state index contributed by atoms with van der Waals surface area (Å²) < 4.78 is 27.7. The number of carbonyl (C=O) groups is 1. The molecule has 3 aromatic rings. The van der Waals surface area contributed by atoms with E-state index in [1.807, 2.05) is 91.0 Å². The SMILES string of the molecule is O=C(N[C@H]1[C@H](OCc2ccccc2)O[C@H](COCc2ccccc2)[C@@H](O)[C@@H]1OCc1ccccc1)OCC(Cl)(Cl)Cl. The number of benzene rings is 3. The van der Waals surface area contributed by atoms with Crippen LogP contribution in [0.15, 0.2) is 91.0 Å². The Morgan fingerprint density at radius 1 is 0.805 bits per heavy atom. The number of halogens is 3. The van der Waals surface area contributed by atoms with Crippen molar-refractivity contribution in [1.29, 1.82) is 0 Å². The summed E-state index contributed by atoms with van der Waals surface area (Å²) in [6, 6.07) is 27.6. The van der Waals surface area contributed by atoms with Crippen LogP contribution in [0.1, 0.15) is 16.7 Å². The average molecular weight is 625 g/mol. The molecule has 1 aliphatic heterocycles. The monoisotopic (exact) mass is 623 g/mol. The Labute approximate surface area is 254 Å². The molecule has 1 fully saturated rings. The van der Waals surface area contributed by atoms with Gasteiger partial charge in [-0.15, -0.1) is 0 Å². The van der Waals surface area contributed by atoms with Crippen molar-refractivity contribution in [1.82, 2.24) is 5.32 Å². The molecule has 0 radical (unpaired) electrons. The Bertz CT molecular complexity index is 1180. The molecular weight excluding hydrogens is 593 g/mol. The fraction of sp³-hybridized carbons (Fsp3) is 0.367. The fourth-order valence-corrected chi connectivity index (χ4v) is 4.42. The lowest BCUT2D eigenvalue weighted by atomic mass is 9.96. The van der Waals surface area contributed by atoms with Gasteiger partial charge >= 0.3 is 6.09 Å². The summed E-state index contributed by atoms with van der Waals surface area (Å²) in [6.45, 7) is 0.222. The van der Waals surface area contributed by atoms with Crippen molar-refractivity contribution in [2.75, 3.05) is 13.2 Å². The third kappa shape index (κ3) is 10.4. The highest BCUT2D eigenvalue weighted by atomic mass is 35.6. The Balaban J connectivity index is 1.53. The van der Waals surface area contributed by atoms with Gasteiger partial charge in [-0.05, 0) is 16.7 Å². The Kier molecular flexibility index (Phi) is 12.1. The maximum absolute atomic E-state index is 12.7. The van der Waals surface area contributed by atoms with Gasteiger partial charge in [0.25, 0.3) is 0 Å². The number of amides is 1. The smallest absolute Gasteiger partial charge is 0.407 e. The van der Waals surface area contributed by atoms with Crippen molar-refractivity contribution >= 4 is 40.9 Å². The minimum Gasteiger partial charge on any atom is -0.445 e. The van der Waals surface area contributed by atoms with Gasteiger partial charge in [0, 0.05) is 0 Å². The fourth-order valence-electron chi connectivity index (χ4n) is 4.26. The van der Waals surface area contributed by atoms with E-state index >= 15 is 0 Å². The molecule has 220 valence electrons. The molecule has 4 rings (SSSR count). The molecule has 11 heteroatoms. The van der Waals surface area contributed by atoms with Crippen LogP contribution in [-0.2, 0) is 43.5 Å². The summed E-state index contributed by atoms with van der Waals surface area (Å²) in [6.07, 6.45) is -4.90. The predicted molar refractivity (Wildman–Crippen MR) is 156 cm³/mol. The first-order valence-corrected chi connectivity index (χ1v) is 14.2. The number of hydrogen-bond acceptors (Lipinski definition) is 7. The molecule has 1 aliphatic rings. The van der Waals surface area contributed by atoms with E-state index in [0.29, 0.717) is 6.61 Å². The highest BCUT2D eigenvalue weighted by molar-refractivity contribution is 6.67. The van der Waals surface area contributed by atoms with Crippen molar-refractivity contribution in [2.24, 2.45) is 0 Å². The van der Waals surface area contributed by atoms with Gasteiger partial charge in [-0.25, -0.2) is 4.79 Å². The maximum atomic E-state index is 12.7. The number of hydrogen-bond donors (Lipinski definition) is 2. The minimum atomic E-state index is -1.80. The topological polar surface area (TPSA) is 95.5 Å². The maximum Gasteiger partial charge on any atom is 0.407 e. The van der Waals surface area contributed by atoms with Crippen LogP contribution in [0.4, 0.5) is 4.79 Å². The van der Waals surface area contributed by atoms with Crippen molar-refractivity contribution < 1.29 is 33.6 Å². The van der Waals surface area contributed by atoms with E-state index in [2.05, 4.69) is 5.32 Å². The van der Waals surface area contributed by atoms with E-state index in [1.54, 1.807) is 0 Å². The van der Waals surface area contributed by atoms with Crippen LogP contribution in [0.5, 0.6) is 0 Å². The van der Waals surface area contributed by atoms with Crippen LogP contribution in [-0.4, -0.2) is 58.8 Å². The van der Waals surface area contributed by atoms with E-state index in [-0.39, 0.29) is 19.8 Å². The number of aliphatic hydroxyl groups excluding tert-OH is 1. The zero-order valence-electron chi connectivity index (χ0n) is 22.1. The van der Waals surface area contributed by atoms with E-state index in [0.717, 1.165) is 16.7 Å². The standard InChI is InChI=1S/C30H32Cl3NO7/c31-30(32,33)20-40-29(36)34-25-27(38-17-22-12-6-2-7-13-22)26(35)24(19-37-16-21-10-4-1-5-11-21)41-28(25)39-18-23-14-8-3-9-15-23/h1-15,24-28,35H,16-20H2,(H,34,36)/t24-,25-,26-,27-,28-/m1/s1. The van der Waals surface area contributed by atoms with Gasteiger partial charge in [0.15, 0.2) is 6.29 Å². The molecular formula is C30H32Cl3NO7. The molecule has 1 amide bonds. The predicted octanol–water partition coefficient (Wildman–Crippen LogP) is 5.56. The molecule has 0 bridgehead atoms. The van der Waals surface area contributed by atoms with Crippen molar-refractivity contribution in [3.05, 3.63) is 108 Å². The Hall–Kier alpha value is -2.40. The quantitative estimate of drug-likeness (QED) is 0.255. The molecule has 0 saturated carbocycles. The molecule has 0 unspecified atom stereocenters. The minimum absolute atomic E-state index is 0.0525. The third-order valence-electron chi connectivity index (χ3n) is 6.26. The first kappa shape index (κ1) is 31.5. The molecule has 0 spiro atoms. The summed E-state index contributed by atoms with van der Waals surface area (Å²) in [5, 5.41) is 14.1. The second kappa shape index (κ2) is 15.7. The van der Waals surface area contributed by atoms with Crippen LogP contribution < -0.4 is 5.32 Å². The van der Waals surface area contributed by atoms with Crippen LogP contribution >= 0.6 is 34.8 Å². The molecule has 0 aliphatic carbocycles. The summed E-state index contributed by atoms with van der Waals surface area (Å²) in [5.74, 6) is 0. The summed E-state index contributed by atoms with van der Waals surface area (Å²) >= 11 is 17.2. The van der Waals surface area contributed by atoms with E-state index in [1.165, 1.54) is 0 Å². The summed E-state index contributed by atoms with van der Waals surface area (Å²) in [4.78, 5) is 12.7. The number of alkyl halides is 3. The zero-order chi connectivity index (χ0) is 29.1. The molecule has 1 saturated heterocycles. The molecule has 5 atom stereocenters. The van der Waals surface area contributed by atoms with E-state index < -0.39 is 47.1 Å². The highest BCUT2D eigenvalue weighted by Gasteiger charge is 2.48. The lowest BCUT2D eigenvalue weighted by Gasteiger charge is -2.44.